The molecule has 0 aliphatic heterocycles. The zero-order chi connectivity index (χ0) is 22.2. The van der Waals surface area contributed by atoms with Crippen molar-refractivity contribution in [1.82, 2.24) is 0 Å². The maximum atomic E-state index is 6.15. The molecule has 0 aliphatic rings. The zero-order valence-corrected chi connectivity index (χ0v) is 21.0. The standard InChI is InChI=1S/C28H48O/c1-11-29-26(15-12-21(2)3)28(9,10)17-16-22(4)13-14-24-18-23(5)19-25(20-24)27(6,7)8/h18-21,26H,4,11-17H2,1-3,5-10H3. The number of aryl methyl sites for hydroxylation is 2. The maximum absolute atomic E-state index is 6.15. The SMILES string of the molecule is C=C(CCc1cc(C)cc(C(C)(C)C)c1)CCC(C)(C)C(CCC(C)C)OCC. The van der Waals surface area contributed by atoms with Crippen molar-refractivity contribution in [1.29, 1.82) is 0 Å². The summed E-state index contributed by atoms with van der Waals surface area (Å²) in [6, 6.07) is 7.05. The van der Waals surface area contributed by atoms with Gasteiger partial charge >= 0.3 is 0 Å². The number of hydrogen-bond donors (Lipinski definition) is 0. The molecule has 1 aromatic carbocycles. The van der Waals surface area contributed by atoms with Gasteiger partial charge in [0.1, 0.15) is 0 Å². The van der Waals surface area contributed by atoms with E-state index < -0.39 is 0 Å². The summed E-state index contributed by atoms with van der Waals surface area (Å²) >= 11 is 0. The highest BCUT2D eigenvalue weighted by molar-refractivity contribution is 5.33. The van der Waals surface area contributed by atoms with Gasteiger partial charge in [-0.2, -0.15) is 0 Å². The smallest absolute Gasteiger partial charge is 0.0626 e. The van der Waals surface area contributed by atoms with Crippen LogP contribution in [0.3, 0.4) is 0 Å². The first-order valence-electron chi connectivity index (χ1n) is 11.7. The van der Waals surface area contributed by atoms with Crippen LogP contribution < -0.4 is 0 Å². The van der Waals surface area contributed by atoms with Gasteiger partial charge in [0.05, 0.1) is 6.10 Å². The largest absolute Gasteiger partial charge is 0.378 e. The Balaban J connectivity index is 2.63. The number of ether oxygens (including phenoxy) is 1. The van der Waals surface area contributed by atoms with E-state index in [1.165, 1.54) is 28.7 Å². The minimum atomic E-state index is 0.191. The number of allylic oxidation sites excluding steroid dienone is 1. The second-order valence-electron chi connectivity index (χ2n) is 11.1. The maximum Gasteiger partial charge on any atom is 0.0626 e. The summed E-state index contributed by atoms with van der Waals surface area (Å²) in [5, 5.41) is 0. The van der Waals surface area contributed by atoms with E-state index in [1.54, 1.807) is 0 Å². The highest BCUT2D eigenvalue weighted by Gasteiger charge is 2.29. The molecule has 1 heteroatoms. The first-order valence-corrected chi connectivity index (χ1v) is 11.7. The fourth-order valence-electron chi connectivity index (χ4n) is 3.93. The van der Waals surface area contributed by atoms with Crippen LogP contribution in [-0.2, 0) is 16.6 Å². The fourth-order valence-corrected chi connectivity index (χ4v) is 3.93. The first kappa shape index (κ1) is 26.0. The predicted octanol–water partition coefficient (Wildman–Crippen LogP) is 8.43. The number of rotatable bonds is 12. The Kier molecular flexibility index (Phi) is 10.2. The summed E-state index contributed by atoms with van der Waals surface area (Å²) in [4.78, 5) is 0. The van der Waals surface area contributed by atoms with E-state index in [0.717, 1.165) is 44.6 Å². The topological polar surface area (TPSA) is 9.23 Å². The molecule has 0 N–H and O–H groups in total. The lowest BCUT2D eigenvalue weighted by atomic mass is 9.78. The molecule has 0 saturated carbocycles. The van der Waals surface area contributed by atoms with Crippen molar-refractivity contribution < 1.29 is 4.74 Å². The second-order valence-corrected chi connectivity index (χ2v) is 11.1. The summed E-state index contributed by atoms with van der Waals surface area (Å²) in [6.45, 7) is 25.8. The van der Waals surface area contributed by atoms with Gasteiger partial charge in [-0.1, -0.05) is 84.4 Å². The van der Waals surface area contributed by atoms with Crippen molar-refractivity contribution in [3.63, 3.8) is 0 Å². The normalized spacial score (nSPS) is 13.7. The van der Waals surface area contributed by atoms with Crippen LogP contribution in [0.4, 0.5) is 0 Å². The molecule has 0 radical (unpaired) electrons. The van der Waals surface area contributed by atoms with Crippen LogP contribution in [0, 0.1) is 18.3 Å². The van der Waals surface area contributed by atoms with Crippen molar-refractivity contribution in [3.8, 4) is 0 Å². The lowest BCUT2D eigenvalue weighted by Crippen LogP contribution is -2.32. The zero-order valence-electron chi connectivity index (χ0n) is 21.0. The molecule has 0 saturated heterocycles. The van der Waals surface area contributed by atoms with Crippen LogP contribution in [0.1, 0.15) is 104 Å². The molecule has 1 rings (SSSR count). The van der Waals surface area contributed by atoms with E-state index in [0.29, 0.717) is 6.10 Å². The average Bonchev–Trinajstić information content (AvgIpc) is 2.60. The molecule has 1 unspecified atom stereocenters. The Morgan fingerprint density at radius 2 is 1.66 bits per heavy atom. The molecular formula is C28H48O. The van der Waals surface area contributed by atoms with Gasteiger partial charge in [-0.05, 0) is 80.2 Å². The summed E-state index contributed by atoms with van der Waals surface area (Å²) in [5.41, 5.74) is 6.01. The van der Waals surface area contributed by atoms with Crippen molar-refractivity contribution >= 4 is 0 Å². The molecule has 0 aliphatic carbocycles. The number of benzene rings is 1. The average molecular weight is 401 g/mol. The predicted molar refractivity (Wildman–Crippen MR) is 130 cm³/mol. The van der Waals surface area contributed by atoms with Gasteiger partial charge in [0.25, 0.3) is 0 Å². The number of hydrogen-bond acceptors (Lipinski definition) is 1. The van der Waals surface area contributed by atoms with Crippen LogP contribution in [0.5, 0.6) is 0 Å². The molecule has 0 aromatic heterocycles. The van der Waals surface area contributed by atoms with E-state index >= 15 is 0 Å². The van der Waals surface area contributed by atoms with E-state index in [1.807, 2.05) is 0 Å². The van der Waals surface area contributed by atoms with Gasteiger partial charge in [0.15, 0.2) is 0 Å². The van der Waals surface area contributed by atoms with Gasteiger partial charge in [-0.3, -0.25) is 0 Å². The summed E-state index contributed by atoms with van der Waals surface area (Å²) < 4.78 is 6.15. The van der Waals surface area contributed by atoms with E-state index in [9.17, 15) is 0 Å². The summed E-state index contributed by atoms with van der Waals surface area (Å²) in [5.74, 6) is 0.732. The third-order valence-electron chi connectivity index (χ3n) is 6.14. The lowest BCUT2D eigenvalue weighted by molar-refractivity contribution is -0.0311. The molecule has 1 aromatic rings. The minimum Gasteiger partial charge on any atom is -0.378 e. The van der Waals surface area contributed by atoms with Gasteiger partial charge in [0, 0.05) is 6.61 Å². The fraction of sp³-hybridized carbons (Fsp3) is 0.714. The Morgan fingerprint density at radius 1 is 1.00 bits per heavy atom. The molecule has 0 heterocycles. The molecule has 0 fully saturated rings. The molecule has 29 heavy (non-hydrogen) atoms. The van der Waals surface area contributed by atoms with Crippen LogP contribution >= 0.6 is 0 Å². The van der Waals surface area contributed by atoms with Crippen molar-refractivity contribution in [3.05, 3.63) is 47.0 Å². The van der Waals surface area contributed by atoms with Crippen LogP contribution in [0.25, 0.3) is 0 Å². The van der Waals surface area contributed by atoms with Crippen LogP contribution in [0.2, 0.25) is 0 Å². The molecule has 0 spiro atoms. The van der Waals surface area contributed by atoms with Gasteiger partial charge in [-0.15, -0.1) is 0 Å². The monoisotopic (exact) mass is 400 g/mol. The summed E-state index contributed by atoms with van der Waals surface area (Å²) in [7, 11) is 0. The van der Waals surface area contributed by atoms with Gasteiger partial charge in [-0.25, -0.2) is 0 Å². The van der Waals surface area contributed by atoms with Crippen LogP contribution in [0.15, 0.2) is 30.4 Å². The molecule has 166 valence electrons. The Hall–Kier alpha value is -1.08. The second kappa shape index (κ2) is 11.3. The third kappa shape index (κ3) is 9.51. The third-order valence-corrected chi connectivity index (χ3v) is 6.14. The molecule has 1 atom stereocenters. The van der Waals surface area contributed by atoms with Gasteiger partial charge < -0.3 is 4.74 Å². The lowest BCUT2D eigenvalue weighted by Gasteiger charge is -2.35. The van der Waals surface area contributed by atoms with Crippen molar-refractivity contribution in [2.45, 2.75) is 112 Å². The Morgan fingerprint density at radius 3 is 2.21 bits per heavy atom. The first-order chi connectivity index (χ1) is 13.3. The molecule has 0 amide bonds. The molecule has 0 bridgehead atoms. The molecule has 1 nitrogen and oxygen atoms in total. The Bertz CT molecular complexity index is 630. The quantitative estimate of drug-likeness (QED) is 0.320. The Labute approximate surface area is 182 Å². The summed E-state index contributed by atoms with van der Waals surface area (Å²) in [6.07, 6.45) is 7.14. The van der Waals surface area contributed by atoms with Crippen molar-refractivity contribution in [2.24, 2.45) is 11.3 Å². The highest BCUT2D eigenvalue weighted by Crippen LogP contribution is 2.34. The van der Waals surface area contributed by atoms with E-state index in [4.69, 9.17) is 4.74 Å². The minimum absolute atomic E-state index is 0.191. The van der Waals surface area contributed by atoms with Crippen molar-refractivity contribution in [2.75, 3.05) is 6.61 Å². The molecular weight excluding hydrogens is 352 g/mol. The van der Waals surface area contributed by atoms with E-state index in [-0.39, 0.29) is 10.8 Å². The van der Waals surface area contributed by atoms with Crippen LogP contribution in [-0.4, -0.2) is 12.7 Å². The van der Waals surface area contributed by atoms with Gasteiger partial charge in [0.2, 0.25) is 0 Å². The highest BCUT2D eigenvalue weighted by atomic mass is 16.5. The van der Waals surface area contributed by atoms with E-state index in [2.05, 4.69) is 87.1 Å².